The minimum Gasteiger partial charge on any atom is -0.0631 e. The molecule has 34 heavy (non-hydrogen) atoms. The van der Waals surface area contributed by atoms with Crippen LogP contribution in [0, 0.1) is 13.8 Å². The van der Waals surface area contributed by atoms with Gasteiger partial charge in [0, 0.05) is 5.04 Å². The third-order valence-electron chi connectivity index (χ3n) is 5.86. The molecule has 5 rings (SSSR count). The van der Waals surface area contributed by atoms with E-state index in [0.29, 0.717) is 0 Å². The molecule has 0 aliphatic carbocycles. The zero-order valence-electron chi connectivity index (χ0n) is 19.5. The van der Waals surface area contributed by atoms with Gasteiger partial charge < -0.3 is 0 Å². The molecule has 0 saturated heterocycles. The lowest BCUT2D eigenvalue weighted by Crippen LogP contribution is -2.25. The molecule has 0 aliphatic rings. The van der Waals surface area contributed by atoms with E-state index < -0.39 is 15.8 Å². The van der Waals surface area contributed by atoms with Crippen molar-refractivity contribution in [2.75, 3.05) is 0 Å². The number of aryl methyl sites for hydroxylation is 2. The lowest BCUT2D eigenvalue weighted by Gasteiger charge is -2.25. The van der Waals surface area contributed by atoms with Gasteiger partial charge in [-0.15, -0.1) is 0 Å². The van der Waals surface area contributed by atoms with Crippen LogP contribution in [0.1, 0.15) is 10.9 Å². The number of hydrogen-bond acceptors (Lipinski definition) is 0. The van der Waals surface area contributed by atoms with E-state index in [0.717, 1.165) is 0 Å². The van der Waals surface area contributed by atoms with Crippen molar-refractivity contribution in [3.63, 3.8) is 0 Å². The first-order valence-corrected chi connectivity index (χ1v) is 15.1. The largest absolute Gasteiger partial charge is 0.0631 e. The molecule has 1 heterocycles. The molecule has 0 nitrogen and oxygen atoms in total. The summed E-state index contributed by atoms with van der Waals surface area (Å²) < 4.78 is 0. The van der Waals surface area contributed by atoms with Crippen molar-refractivity contribution in [2.45, 2.75) is 13.8 Å². The van der Waals surface area contributed by atoms with Gasteiger partial charge in [-0.1, -0.05) is 130 Å². The number of hydrogen-bond donors (Lipinski definition) is 0. The molecule has 166 valence electrons. The maximum Gasteiger partial charge on any atom is 0.0152 e. The zero-order valence-corrected chi connectivity index (χ0v) is 22.1. The first kappa shape index (κ1) is 23.1. The smallest absolute Gasteiger partial charge is 0.0152 e. The Kier molecular flexibility index (Phi) is 7.33. The Morgan fingerprint density at radius 2 is 0.824 bits per heavy atom. The van der Waals surface area contributed by atoms with E-state index in [4.69, 9.17) is 0 Å². The van der Waals surface area contributed by atoms with Gasteiger partial charge in [0.05, 0.1) is 0 Å². The van der Waals surface area contributed by atoms with Crippen LogP contribution in [0.4, 0.5) is 0 Å². The highest BCUT2D eigenvalue weighted by Gasteiger charge is 2.23. The van der Waals surface area contributed by atoms with Crippen molar-refractivity contribution < 1.29 is 0 Å². The van der Waals surface area contributed by atoms with Crippen LogP contribution in [-0.4, -0.2) is 0 Å². The molecule has 0 unspecified atom stereocenters. The average Bonchev–Trinajstić information content (AvgIpc) is 2.90. The summed E-state index contributed by atoms with van der Waals surface area (Å²) >= 11 is 0. The topological polar surface area (TPSA) is 0 Å². The Morgan fingerprint density at radius 1 is 0.471 bits per heavy atom. The van der Waals surface area contributed by atoms with E-state index in [1.165, 1.54) is 45.6 Å². The molecule has 4 aromatic carbocycles. The molecule has 0 amide bonds. The Balaban J connectivity index is 1.67. The summed E-state index contributed by atoms with van der Waals surface area (Å²) in [5, 5.41) is 10.2. The Labute approximate surface area is 207 Å². The highest BCUT2D eigenvalue weighted by molar-refractivity contribution is 7.86. The minimum absolute atomic E-state index is 0.573. The van der Waals surface area contributed by atoms with Crippen LogP contribution < -0.4 is 31.6 Å². The SMILES string of the molecule is Cc1cc(P(c2ccccc2)c2ccccc2)c(C)pc1P(c1ccccc1)c1ccccc1. The zero-order chi connectivity index (χ0) is 23.3. The average molecular weight is 492 g/mol. The van der Waals surface area contributed by atoms with Crippen LogP contribution in [0.5, 0.6) is 0 Å². The molecule has 0 spiro atoms. The third-order valence-corrected chi connectivity index (χ3v) is 13.1. The first-order valence-electron chi connectivity index (χ1n) is 11.5. The summed E-state index contributed by atoms with van der Waals surface area (Å²) in [5.41, 5.74) is 1.42. The summed E-state index contributed by atoms with van der Waals surface area (Å²) in [6.07, 6.45) is 0. The Hall–Kier alpha value is -2.61. The van der Waals surface area contributed by atoms with Crippen molar-refractivity contribution in [1.29, 1.82) is 0 Å². The summed E-state index contributed by atoms with van der Waals surface area (Å²) in [6.45, 7) is 4.66. The van der Waals surface area contributed by atoms with Crippen molar-refractivity contribution in [3.8, 4) is 0 Å². The first-order chi connectivity index (χ1) is 16.7. The Bertz CT molecular complexity index is 1160. The van der Waals surface area contributed by atoms with Crippen LogP contribution in [0.2, 0.25) is 0 Å². The van der Waals surface area contributed by atoms with Gasteiger partial charge in [-0.25, -0.2) is 0 Å². The molecule has 5 aromatic rings. The quantitative estimate of drug-likeness (QED) is 0.241. The van der Waals surface area contributed by atoms with E-state index in [-0.39, 0.29) is 0 Å². The normalized spacial score (nSPS) is 11.4. The van der Waals surface area contributed by atoms with Crippen LogP contribution in [0.3, 0.4) is 0 Å². The maximum atomic E-state index is 2.49. The van der Waals surface area contributed by atoms with E-state index in [1.807, 2.05) is 0 Å². The maximum absolute atomic E-state index is 2.49. The van der Waals surface area contributed by atoms with Crippen molar-refractivity contribution in [1.82, 2.24) is 0 Å². The molecule has 0 atom stereocenters. The predicted molar refractivity (Wildman–Crippen MR) is 156 cm³/mol. The second-order valence-electron chi connectivity index (χ2n) is 8.25. The summed E-state index contributed by atoms with van der Waals surface area (Å²) in [6, 6.07) is 46.7. The number of rotatable bonds is 6. The van der Waals surface area contributed by atoms with E-state index in [9.17, 15) is 0 Å². The fourth-order valence-corrected chi connectivity index (χ4v) is 11.6. The van der Waals surface area contributed by atoms with Crippen molar-refractivity contribution in [3.05, 3.63) is 138 Å². The van der Waals surface area contributed by atoms with Crippen LogP contribution in [-0.2, 0) is 0 Å². The lowest BCUT2D eigenvalue weighted by molar-refractivity contribution is 1.55. The molecule has 0 fully saturated rings. The minimum atomic E-state index is -0.592. The Morgan fingerprint density at radius 3 is 1.21 bits per heavy atom. The summed E-state index contributed by atoms with van der Waals surface area (Å²) in [4.78, 5) is 0. The molecular weight excluding hydrogens is 465 g/mol. The van der Waals surface area contributed by atoms with Crippen LogP contribution in [0.25, 0.3) is 0 Å². The fraction of sp³-hybridized carbons (Fsp3) is 0.0645. The summed E-state index contributed by atoms with van der Waals surface area (Å²) in [7, 11) is 0.188. The molecule has 1 aromatic heterocycles. The molecule has 0 radical (unpaired) electrons. The van der Waals surface area contributed by atoms with Crippen molar-refractivity contribution >= 4 is 55.6 Å². The predicted octanol–water partition coefficient (Wildman–Crippen LogP) is 6.40. The highest BCUT2D eigenvalue weighted by Crippen LogP contribution is 2.41. The van der Waals surface area contributed by atoms with E-state index in [1.54, 1.807) is 5.04 Å². The highest BCUT2D eigenvalue weighted by atomic mass is 31.1. The van der Waals surface area contributed by atoms with E-state index in [2.05, 4.69) is 141 Å². The number of benzene rings is 4. The standard InChI is InChI=1S/C31H27P3/c1-24-23-30(33(26-15-7-3-8-16-26)27-17-9-4-10-18-27)25(2)32-31(24)34(28-19-11-5-12-20-28)29-21-13-6-14-22-29/h3-23H,1-2H3. The van der Waals surface area contributed by atoms with Gasteiger partial charge in [-0.3, -0.25) is 0 Å². The van der Waals surface area contributed by atoms with Gasteiger partial charge in [0.15, 0.2) is 0 Å². The fourth-order valence-electron chi connectivity index (χ4n) is 4.26. The van der Waals surface area contributed by atoms with Crippen LogP contribution in [0.15, 0.2) is 127 Å². The molecule has 0 saturated carbocycles. The van der Waals surface area contributed by atoms with Crippen LogP contribution >= 0.6 is 24.0 Å². The van der Waals surface area contributed by atoms with Gasteiger partial charge >= 0.3 is 0 Å². The van der Waals surface area contributed by atoms with Gasteiger partial charge in [0.1, 0.15) is 0 Å². The second kappa shape index (κ2) is 10.8. The van der Waals surface area contributed by atoms with Gasteiger partial charge in [0.25, 0.3) is 0 Å². The lowest BCUT2D eigenvalue weighted by atomic mass is 10.3. The summed E-state index contributed by atoms with van der Waals surface area (Å²) in [5.74, 6) is 0. The molecule has 3 heteroatoms. The molecule has 0 aliphatic heterocycles. The van der Waals surface area contributed by atoms with Gasteiger partial charge in [-0.05, 0) is 73.1 Å². The van der Waals surface area contributed by atoms with E-state index >= 15 is 0 Å². The van der Waals surface area contributed by atoms with Crippen molar-refractivity contribution in [2.24, 2.45) is 0 Å². The van der Waals surface area contributed by atoms with Gasteiger partial charge in [-0.2, -0.15) is 0 Å². The molecule has 0 N–H and O–H groups in total. The molecular formula is C31H27P3. The monoisotopic (exact) mass is 492 g/mol. The van der Waals surface area contributed by atoms with Gasteiger partial charge in [0.2, 0.25) is 0 Å². The molecule has 0 bridgehead atoms. The third kappa shape index (κ3) is 4.92. The second-order valence-corrected chi connectivity index (χ2v) is 14.3.